The highest BCUT2D eigenvalue weighted by molar-refractivity contribution is 7.17. The number of nitrogens with one attached hydrogen (secondary N) is 1. The van der Waals surface area contributed by atoms with Crippen molar-refractivity contribution in [2.45, 2.75) is 6.54 Å². The Morgan fingerprint density at radius 2 is 2.35 bits per heavy atom. The normalized spacial score (nSPS) is 10.8. The Kier molecular flexibility index (Phi) is 2.66. The van der Waals surface area contributed by atoms with Gasteiger partial charge in [0.1, 0.15) is 12.1 Å². The second-order valence-corrected chi connectivity index (χ2v) is 4.37. The third-order valence-electron chi connectivity index (χ3n) is 2.35. The van der Waals surface area contributed by atoms with Gasteiger partial charge in [-0.3, -0.25) is 4.68 Å². The molecular weight excluding hydrogens is 236 g/mol. The van der Waals surface area contributed by atoms with Crippen molar-refractivity contribution in [1.82, 2.24) is 25.0 Å². The molecule has 0 spiro atoms. The molecule has 17 heavy (non-hydrogen) atoms. The zero-order valence-corrected chi connectivity index (χ0v) is 9.76. The highest BCUT2D eigenvalue weighted by atomic mass is 32.1. The predicted molar refractivity (Wildman–Crippen MR) is 65.9 cm³/mol. The molecule has 0 saturated heterocycles. The Balaban J connectivity index is 1.70. The summed E-state index contributed by atoms with van der Waals surface area (Å²) in [7, 11) is 0. The third kappa shape index (κ3) is 2.09. The molecule has 0 atom stereocenters. The molecule has 3 aromatic heterocycles. The van der Waals surface area contributed by atoms with Crippen LogP contribution in [0.25, 0.3) is 10.2 Å². The van der Waals surface area contributed by atoms with Crippen LogP contribution in [0.3, 0.4) is 0 Å². The molecule has 3 rings (SSSR count). The van der Waals surface area contributed by atoms with Gasteiger partial charge in [0, 0.05) is 12.7 Å². The lowest BCUT2D eigenvalue weighted by molar-refractivity contribution is 0.608. The van der Waals surface area contributed by atoms with E-state index < -0.39 is 0 Å². The van der Waals surface area contributed by atoms with E-state index in [0.717, 1.165) is 29.1 Å². The van der Waals surface area contributed by atoms with E-state index in [2.05, 4.69) is 25.6 Å². The molecule has 0 fully saturated rings. The first-order valence-corrected chi connectivity index (χ1v) is 6.07. The first kappa shape index (κ1) is 10.2. The van der Waals surface area contributed by atoms with Gasteiger partial charge >= 0.3 is 0 Å². The Hall–Kier alpha value is -2.02. The molecule has 0 aromatic carbocycles. The Bertz CT molecular complexity index is 602. The second kappa shape index (κ2) is 4.46. The summed E-state index contributed by atoms with van der Waals surface area (Å²) in [6.45, 7) is 1.52. The minimum atomic E-state index is 0.757. The van der Waals surface area contributed by atoms with Crippen LogP contribution in [0.15, 0.2) is 30.2 Å². The van der Waals surface area contributed by atoms with Crippen molar-refractivity contribution in [3.63, 3.8) is 0 Å². The number of fused-ring (bicyclic) bond motifs is 1. The molecule has 3 aromatic rings. The number of rotatable bonds is 4. The van der Waals surface area contributed by atoms with Gasteiger partial charge in [-0.2, -0.15) is 0 Å². The molecule has 0 saturated carbocycles. The quantitative estimate of drug-likeness (QED) is 0.753. The van der Waals surface area contributed by atoms with E-state index in [4.69, 9.17) is 0 Å². The summed E-state index contributed by atoms with van der Waals surface area (Å²) >= 11 is 1.64. The zero-order valence-electron chi connectivity index (χ0n) is 8.95. The fourth-order valence-electron chi connectivity index (χ4n) is 1.56. The molecule has 7 heteroatoms. The summed E-state index contributed by atoms with van der Waals surface area (Å²) in [5.74, 6) is 0.880. The molecule has 86 valence electrons. The lowest BCUT2D eigenvalue weighted by atomic mass is 10.4. The van der Waals surface area contributed by atoms with Crippen molar-refractivity contribution in [3.8, 4) is 0 Å². The number of thiophene rings is 1. The summed E-state index contributed by atoms with van der Waals surface area (Å²) in [4.78, 5) is 8.43. The maximum absolute atomic E-state index is 4.24. The summed E-state index contributed by atoms with van der Waals surface area (Å²) < 4.78 is 2.87. The van der Waals surface area contributed by atoms with Gasteiger partial charge in [-0.15, -0.1) is 16.4 Å². The van der Waals surface area contributed by atoms with Gasteiger partial charge in [0.2, 0.25) is 0 Å². The Morgan fingerprint density at radius 3 is 3.24 bits per heavy atom. The van der Waals surface area contributed by atoms with Gasteiger partial charge < -0.3 is 5.32 Å². The molecule has 6 nitrogen and oxygen atoms in total. The van der Waals surface area contributed by atoms with Crippen LogP contribution in [-0.2, 0) is 6.54 Å². The van der Waals surface area contributed by atoms with Crippen LogP contribution >= 0.6 is 11.3 Å². The van der Waals surface area contributed by atoms with E-state index in [1.165, 1.54) is 0 Å². The molecule has 0 bridgehead atoms. The van der Waals surface area contributed by atoms with E-state index in [-0.39, 0.29) is 0 Å². The van der Waals surface area contributed by atoms with Crippen LogP contribution in [0, 0.1) is 0 Å². The summed E-state index contributed by atoms with van der Waals surface area (Å²) in [6, 6.07) is 1.99. The molecule has 1 N–H and O–H groups in total. The van der Waals surface area contributed by atoms with Crippen molar-refractivity contribution in [2.24, 2.45) is 0 Å². The molecule has 0 radical (unpaired) electrons. The van der Waals surface area contributed by atoms with Crippen LogP contribution < -0.4 is 5.32 Å². The first-order valence-electron chi connectivity index (χ1n) is 5.19. The smallest absolute Gasteiger partial charge is 0.147 e. The Morgan fingerprint density at radius 1 is 1.35 bits per heavy atom. The van der Waals surface area contributed by atoms with Crippen LogP contribution in [0.1, 0.15) is 0 Å². The lowest BCUT2D eigenvalue weighted by Crippen LogP contribution is -2.11. The Labute approximate surface area is 101 Å². The standard InChI is InChI=1S/C10H10N6S/c1-6-17-9-8(1)12-7-13-10(9)11-2-4-16-5-3-14-15-16/h1,3,5-7H,2,4H2,(H,11,12,13). The average Bonchev–Trinajstić information content (AvgIpc) is 2.99. The molecule has 3 heterocycles. The number of aromatic nitrogens is 5. The van der Waals surface area contributed by atoms with Gasteiger partial charge in [-0.05, 0) is 11.4 Å². The van der Waals surface area contributed by atoms with Crippen molar-refractivity contribution in [1.29, 1.82) is 0 Å². The summed E-state index contributed by atoms with van der Waals surface area (Å²) in [6.07, 6.45) is 5.08. The van der Waals surface area contributed by atoms with Crippen LogP contribution in [0.5, 0.6) is 0 Å². The number of hydrogen-bond acceptors (Lipinski definition) is 6. The molecule has 0 unspecified atom stereocenters. The SMILES string of the molecule is c1cn(CCNc2ncnc3ccsc23)nn1. The van der Waals surface area contributed by atoms with Crippen molar-refractivity contribution >= 4 is 27.4 Å². The lowest BCUT2D eigenvalue weighted by Gasteiger charge is -2.05. The van der Waals surface area contributed by atoms with Crippen LogP contribution in [0.2, 0.25) is 0 Å². The van der Waals surface area contributed by atoms with Gasteiger partial charge in [0.05, 0.1) is 23.0 Å². The highest BCUT2D eigenvalue weighted by Gasteiger charge is 2.03. The largest absolute Gasteiger partial charge is 0.367 e. The fraction of sp³-hybridized carbons (Fsp3) is 0.200. The van der Waals surface area contributed by atoms with E-state index in [0.29, 0.717) is 0 Å². The topological polar surface area (TPSA) is 68.5 Å². The summed E-state index contributed by atoms with van der Waals surface area (Å²) in [5.41, 5.74) is 0.980. The maximum atomic E-state index is 4.24. The first-order chi connectivity index (χ1) is 8.43. The second-order valence-electron chi connectivity index (χ2n) is 3.45. The highest BCUT2D eigenvalue weighted by Crippen LogP contribution is 2.24. The minimum absolute atomic E-state index is 0.757. The van der Waals surface area contributed by atoms with Gasteiger partial charge in [-0.1, -0.05) is 5.21 Å². The fourth-order valence-corrected chi connectivity index (χ4v) is 2.37. The van der Waals surface area contributed by atoms with E-state index in [1.807, 2.05) is 17.6 Å². The third-order valence-corrected chi connectivity index (χ3v) is 3.26. The minimum Gasteiger partial charge on any atom is -0.367 e. The molecule has 0 aliphatic carbocycles. The maximum Gasteiger partial charge on any atom is 0.147 e. The van der Waals surface area contributed by atoms with Crippen LogP contribution in [-0.4, -0.2) is 31.5 Å². The van der Waals surface area contributed by atoms with Crippen molar-refractivity contribution < 1.29 is 0 Å². The molecular formula is C10H10N6S. The molecule has 0 aliphatic heterocycles. The number of hydrogen-bond donors (Lipinski definition) is 1. The van der Waals surface area contributed by atoms with Gasteiger partial charge in [0.15, 0.2) is 0 Å². The number of nitrogens with zero attached hydrogens (tertiary/aromatic N) is 5. The van der Waals surface area contributed by atoms with Crippen LogP contribution in [0.4, 0.5) is 5.82 Å². The van der Waals surface area contributed by atoms with E-state index >= 15 is 0 Å². The van der Waals surface area contributed by atoms with Gasteiger partial charge in [0.25, 0.3) is 0 Å². The molecule has 0 amide bonds. The molecule has 0 aliphatic rings. The van der Waals surface area contributed by atoms with Crippen molar-refractivity contribution in [2.75, 3.05) is 11.9 Å². The monoisotopic (exact) mass is 246 g/mol. The number of anilines is 1. The average molecular weight is 246 g/mol. The van der Waals surface area contributed by atoms with Gasteiger partial charge in [-0.25, -0.2) is 9.97 Å². The zero-order chi connectivity index (χ0) is 11.5. The van der Waals surface area contributed by atoms with E-state index in [9.17, 15) is 0 Å². The van der Waals surface area contributed by atoms with E-state index in [1.54, 1.807) is 28.5 Å². The predicted octanol–water partition coefficient (Wildman–Crippen LogP) is 1.39. The summed E-state index contributed by atoms with van der Waals surface area (Å²) in [5, 5.41) is 12.9. The van der Waals surface area contributed by atoms with Crippen molar-refractivity contribution in [3.05, 3.63) is 30.2 Å².